The zero-order valence-corrected chi connectivity index (χ0v) is 13.4. The molecule has 2 nitrogen and oxygen atoms in total. The van der Waals surface area contributed by atoms with Crippen LogP contribution in [0.2, 0.25) is 11.1 Å². The van der Waals surface area contributed by atoms with Gasteiger partial charge in [-0.15, -0.1) is 0 Å². The molecular formula is C15H26O2Si. The highest BCUT2D eigenvalue weighted by molar-refractivity contribution is 6.71. The van der Waals surface area contributed by atoms with Gasteiger partial charge in [0.2, 0.25) is 0 Å². The Morgan fingerprint density at radius 2 is 1.33 bits per heavy atom. The van der Waals surface area contributed by atoms with Crippen LogP contribution < -0.4 is 4.43 Å². The molecule has 0 unspecified atom stereocenters. The molecule has 1 rings (SSSR count). The number of rotatable bonds is 6. The maximum absolute atomic E-state index is 6.35. The smallest absolute Gasteiger partial charge is 0.404 e. The Kier molecular flexibility index (Phi) is 5.41. The van der Waals surface area contributed by atoms with Gasteiger partial charge in [0.15, 0.2) is 0 Å². The summed E-state index contributed by atoms with van der Waals surface area (Å²) in [6.07, 6.45) is 0.199. The maximum Gasteiger partial charge on any atom is 0.404 e. The number of hydrogen-bond acceptors (Lipinski definition) is 2. The van der Waals surface area contributed by atoms with Crippen molar-refractivity contribution < 1.29 is 8.85 Å². The fourth-order valence-electron chi connectivity index (χ4n) is 2.24. The summed E-state index contributed by atoms with van der Waals surface area (Å²) in [7, 11) is -2.25. The second-order valence-corrected chi connectivity index (χ2v) is 9.80. The van der Waals surface area contributed by atoms with Gasteiger partial charge in [0, 0.05) is 17.2 Å². The molecule has 0 heterocycles. The van der Waals surface area contributed by atoms with Crippen LogP contribution in [0.1, 0.15) is 41.5 Å². The number of para-hydroxylation sites is 1. The molecule has 3 heteroatoms. The van der Waals surface area contributed by atoms with E-state index >= 15 is 0 Å². The molecule has 0 amide bonds. The molecule has 0 aliphatic heterocycles. The summed E-state index contributed by atoms with van der Waals surface area (Å²) < 4.78 is 12.6. The van der Waals surface area contributed by atoms with Crippen LogP contribution in [0.3, 0.4) is 0 Å². The molecule has 0 aliphatic rings. The van der Waals surface area contributed by atoms with E-state index in [2.05, 4.69) is 41.5 Å². The van der Waals surface area contributed by atoms with Gasteiger partial charge in [-0.2, -0.15) is 0 Å². The summed E-state index contributed by atoms with van der Waals surface area (Å²) >= 11 is 0. The van der Waals surface area contributed by atoms with Crippen LogP contribution in [-0.2, 0) is 4.43 Å². The molecule has 0 bridgehead atoms. The minimum absolute atomic E-state index is 0.199. The Balaban J connectivity index is 3.02. The summed E-state index contributed by atoms with van der Waals surface area (Å²) in [5, 5.41) is 0. The molecule has 0 N–H and O–H groups in total. The fraction of sp³-hybridized carbons (Fsp3) is 0.600. The zero-order valence-electron chi connectivity index (χ0n) is 12.4. The van der Waals surface area contributed by atoms with Crippen LogP contribution in [0.5, 0.6) is 5.75 Å². The number of hydrogen-bond donors (Lipinski definition) is 0. The van der Waals surface area contributed by atoms with Crippen molar-refractivity contribution in [2.75, 3.05) is 0 Å². The summed E-state index contributed by atoms with van der Waals surface area (Å²) in [4.78, 5) is 0. The average molecular weight is 266 g/mol. The van der Waals surface area contributed by atoms with Gasteiger partial charge in [-0.25, -0.2) is 0 Å². The van der Waals surface area contributed by atoms with Crippen LogP contribution in [-0.4, -0.2) is 14.7 Å². The lowest BCUT2D eigenvalue weighted by molar-refractivity contribution is 0.166. The summed E-state index contributed by atoms with van der Waals surface area (Å²) in [5.41, 5.74) is 0.834. The molecule has 0 aliphatic carbocycles. The van der Waals surface area contributed by atoms with Gasteiger partial charge in [-0.3, -0.25) is 0 Å². The highest BCUT2D eigenvalue weighted by Gasteiger charge is 2.47. The van der Waals surface area contributed by atoms with Gasteiger partial charge in [-0.1, -0.05) is 45.9 Å². The van der Waals surface area contributed by atoms with Gasteiger partial charge in [-0.05, 0) is 26.0 Å². The SMILES string of the molecule is CC(C)O[Si](Oc1ccccc1)(C(C)C)C(C)C. The van der Waals surface area contributed by atoms with E-state index in [4.69, 9.17) is 8.85 Å². The number of benzene rings is 1. The van der Waals surface area contributed by atoms with E-state index in [9.17, 15) is 0 Å². The standard InChI is InChI=1S/C15H26O2Si/c1-12(2)16-18(13(3)4,14(5)6)17-15-10-8-7-9-11-15/h7-14H,1-6H3. The van der Waals surface area contributed by atoms with Crippen LogP contribution in [0.15, 0.2) is 30.3 Å². The van der Waals surface area contributed by atoms with E-state index < -0.39 is 8.56 Å². The van der Waals surface area contributed by atoms with Crippen molar-refractivity contribution in [3.05, 3.63) is 30.3 Å². The maximum atomic E-state index is 6.35. The summed E-state index contributed by atoms with van der Waals surface area (Å²) in [6.45, 7) is 13.0. The first-order chi connectivity index (χ1) is 8.38. The predicted octanol–water partition coefficient (Wildman–Crippen LogP) is 4.75. The summed E-state index contributed by atoms with van der Waals surface area (Å²) in [6, 6.07) is 10.0. The monoisotopic (exact) mass is 266 g/mol. The van der Waals surface area contributed by atoms with Crippen molar-refractivity contribution in [2.45, 2.75) is 58.7 Å². The van der Waals surface area contributed by atoms with E-state index in [-0.39, 0.29) is 6.10 Å². The van der Waals surface area contributed by atoms with E-state index in [0.29, 0.717) is 11.1 Å². The average Bonchev–Trinajstić information content (AvgIpc) is 2.28. The molecule has 0 aromatic heterocycles. The third kappa shape index (κ3) is 3.59. The molecule has 0 radical (unpaired) electrons. The first-order valence-corrected chi connectivity index (χ1v) is 8.77. The minimum atomic E-state index is -2.25. The van der Waals surface area contributed by atoms with Crippen molar-refractivity contribution in [2.24, 2.45) is 0 Å². The van der Waals surface area contributed by atoms with Crippen molar-refractivity contribution >= 4 is 8.56 Å². The predicted molar refractivity (Wildman–Crippen MR) is 79.2 cm³/mol. The topological polar surface area (TPSA) is 18.5 Å². The molecule has 18 heavy (non-hydrogen) atoms. The third-order valence-corrected chi connectivity index (χ3v) is 7.66. The molecular weight excluding hydrogens is 240 g/mol. The first-order valence-electron chi connectivity index (χ1n) is 6.80. The lowest BCUT2D eigenvalue weighted by Gasteiger charge is -2.39. The molecule has 0 fully saturated rings. The van der Waals surface area contributed by atoms with Crippen molar-refractivity contribution in [3.8, 4) is 5.75 Å². The highest BCUT2D eigenvalue weighted by atomic mass is 28.4. The van der Waals surface area contributed by atoms with Gasteiger partial charge >= 0.3 is 8.56 Å². The molecule has 0 saturated heterocycles. The van der Waals surface area contributed by atoms with E-state index in [0.717, 1.165) is 5.75 Å². The lowest BCUT2D eigenvalue weighted by Crippen LogP contribution is -2.52. The van der Waals surface area contributed by atoms with Gasteiger partial charge in [0.1, 0.15) is 5.75 Å². The quantitative estimate of drug-likeness (QED) is 0.692. The van der Waals surface area contributed by atoms with Crippen molar-refractivity contribution in [3.63, 3.8) is 0 Å². The first kappa shape index (κ1) is 15.3. The molecule has 0 spiro atoms. The van der Waals surface area contributed by atoms with Crippen LogP contribution in [0.25, 0.3) is 0 Å². The van der Waals surface area contributed by atoms with E-state index in [1.54, 1.807) is 0 Å². The Morgan fingerprint density at radius 1 is 0.833 bits per heavy atom. The molecule has 0 atom stereocenters. The van der Waals surface area contributed by atoms with Crippen LogP contribution in [0, 0.1) is 0 Å². The van der Waals surface area contributed by atoms with Crippen molar-refractivity contribution in [1.82, 2.24) is 0 Å². The molecule has 1 aromatic carbocycles. The summed E-state index contributed by atoms with van der Waals surface area (Å²) in [5.74, 6) is 0.923. The third-order valence-electron chi connectivity index (χ3n) is 3.05. The molecule has 1 aromatic rings. The second kappa shape index (κ2) is 6.39. The van der Waals surface area contributed by atoms with Gasteiger partial charge in [0.25, 0.3) is 0 Å². The van der Waals surface area contributed by atoms with E-state index in [1.807, 2.05) is 30.3 Å². The van der Waals surface area contributed by atoms with Gasteiger partial charge < -0.3 is 8.85 Å². The fourth-order valence-corrected chi connectivity index (χ4v) is 5.88. The Labute approximate surface area is 113 Å². The zero-order chi connectivity index (χ0) is 13.8. The van der Waals surface area contributed by atoms with E-state index in [1.165, 1.54) is 0 Å². The molecule has 102 valence electrons. The molecule has 0 saturated carbocycles. The Hall–Kier alpha value is -0.803. The minimum Gasteiger partial charge on any atom is -0.520 e. The van der Waals surface area contributed by atoms with Crippen LogP contribution >= 0.6 is 0 Å². The normalized spacial score (nSPS) is 12.5. The Morgan fingerprint density at radius 3 is 1.72 bits per heavy atom. The largest absolute Gasteiger partial charge is 0.520 e. The van der Waals surface area contributed by atoms with Gasteiger partial charge in [0.05, 0.1) is 0 Å². The second-order valence-electron chi connectivity index (χ2n) is 5.61. The lowest BCUT2D eigenvalue weighted by atomic mass is 10.3. The van der Waals surface area contributed by atoms with Crippen molar-refractivity contribution in [1.29, 1.82) is 0 Å². The highest BCUT2D eigenvalue weighted by Crippen LogP contribution is 2.36. The van der Waals surface area contributed by atoms with Crippen LogP contribution in [0.4, 0.5) is 0 Å². The Bertz CT molecular complexity index is 339.